The lowest BCUT2D eigenvalue weighted by Gasteiger charge is -2.41. The lowest BCUT2D eigenvalue weighted by molar-refractivity contribution is -0.131. The highest BCUT2D eigenvalue weighted by atomic mass is 19.1. The van der Waals surface area contributed by atoms with E-state index in [9.17, 15) is 19.1 Å². The van der Waals surface area contributed by atoms with Gasteiger partial charge in [-0.2, -0.15) is 0 Å². The Kier molecular flexibility index (Phi) is 8.70. The Morgan fingerprint density at radius 1 is 1.08 bits per heavy atom. The van der Waals surface area contributed by atoms with E-state index >= 15 is 0 Å². The fraction of sp³-hybridized carbons (Fsp3) is 0.345. The molecule has 1 fully saturated rings. The van der Waals surface area contributed by atoms with Gasteiger partial charge in [-0.3, -0.25) is 9.78 Å². The highest BCUT2D eigenvalue weighted by Gasteiger charge is 2.42. The first-order valence-corrected chi connectivity index (χ1v) is 12.5. The quantitative estimate of drug-likeness (QED) is 0.222. The van der Waals surface area contributed by atoms with Crippen molar-refractivity contribution in [1.29, 1.82) is 0 Å². The van der Waals surface area contributed by atoms with E-state index in [0.717, 1.165) is 38.9 Å². The second kappa shape index (κ2) is 12.1. The van der Waals surface area contributed by atoms with Crippen LogP contribution in [0.4, 0.5) is 4.39 Å². The summed E-state index contributed by atoms with van der Waals surface area (Å²) in [5.74, 6) is -2.23. The van der Waals surface area contributed by atoms with Gasteiger partial charge in [-0.25, -0.2) is 9.18 Å². The van der Waals surface area contributed by atoms with Crippen LogP contribution in [0.5, 0.6) is 11.5 Å². The average molecular weight is 523 g/mol. The van der Waals surface area contributed by atoms with Gasteiger partial charge in [-0.15, -0.1) is 0 Å². The number of aliphatic hydroxyl groups is 1. The summed E-state index contributed by atoms with van der Waals surface area (Å²) < 4.78 is 24.7. The molecule has 4 rings (SSSR count). The third-order valence-corrected chi connectivity index (χ3v) is 7.01. The zero-order valence-corrected chi connectivity index (χ0v) is 21.2. The molecular formula is C29H31FN2O6. The second-order valence-corrected chi connectivity index (χ2v) is 9.31. The van der Waals surface area contributed by atoms with E-state index in [4.69, 9.17) is 14.6 Å². The SMILES string of the molecule is COc1cc(C(=O)C(=O)O)ccc1OCCCN1CCC(C(O)(c2ccc(F)cc2)c2ccccn2)CC1. The predicted molar refractivity (Wildman–Crippen MR) is 138 cm³/mol. The fourth-order valence-electron chi connectivity index (χ4n) is 4.98. The number of methoxy groups -OCH3 is 1. The van der Waals surface area contributed by atoms with Gasteiger partial charge in [0.2, 0.25) is 0 Å². The van der Waals surface area contributed by atoms with E-state index in [1.54, 1.807) is 24.4 Å². The lowest BCUT2D eigenvalue weighted by atomic mass is 9.74. The summed E-state index contributed by atoms with van der Waals surface area (Å²) in [5.41, 5.74) is -0.0941. The molecule has 1 atom stereocenters. The first-order chi connectivity index (χ1) is 18.3. The third kappa shape index (κ3) is 6.00. The van der Waals surface area contributed by atoms with Gasteiger partial charge in [0.05, 0.1) is 19.4 Å². The molecule has 3 aromatic rings. The Balaban J connectivity index is 1.33. The van der Waals surface area contributed by atoms with Crippen molar-refractivity contribution in [3.8, 4) is 11.5 Å². The smallest absolute Gasteiger partial charge is 0.377 e. The number of benzene rings is 2. The minimum Gasteiger partial charge on any atom is -0.493 e. The number of ether oxygens (including phenoxy) is 2. The Bertz CT molecular complexity index is 1250. The molecule has 0 radical (unpaired) electrons. The van der Waals surface area contributed by atoms with Crippen molar-refractivity contribution >= 4 is 11.8 Å². The van der Waals surface area contributed by atoms with Crippen LogP contribution in [0.3, 0.4) is 0 Å². The molecule has 0 bridgehead atoms. The highest BCUT2D eigenvalue weighted by molar-refractivity contribution is 6.39. The number of carboxylic acid groups (broad SMARTS) is 1. The van der Waals surface area contributed by atoms with Crippen LogP contribution < -0.4 is 9.47 Å². The van der Waals surface area contributed by atoms with Gasteiger partial charge in [0, 0.05) is 24.2 Å². The van der Waals surface area contributed by atoms with Crippen LogP contribution in [0, 0.1) is 11.7 Å². The minimum absolute atomic E-state index is 0.0240. The number of nitrogens with zero attached hydrogens (tertiary/aromatic N) is 2. The monoisotopic (exact) mass is 522 g/mol. The molecular weight excluding hydrogens is 491 g/mol. The van der Waals surface area contributed by atoms with Crippen molar-refractivity contribution in [3.63, 3.8) is 0 Å². The lowest BCUT2D eigenvalue weighted by Crippen LogP contribution is -2.45. The van der Waals surface area contributed by atoms with E-state index in [0.29, 0.717) is 29.4 Å². The van der Waals surface area contributed by atoms with Gasteiger partial charge < -0.3 is 24.6 Å². The summed E-state index contributed by atoms with van der Waals surface area (Å²) in [6.45, 7) is 2.78. The van der Waals surface area contributed by atoms with Crippen LogP contribution in [0.1, 0.15) is 40.9 Å². The van der Waals surface area contributed by atoms with E-state index < -0.39 is 17.4 Å². The summed E-state index contributed by atoms with van der Waals surface area (Å²) in [6, 6.07) is 15.8. The van der Waals surface area contributed by atoms with Gasteiger partial charge in [0.15, 0.2) is 11.5 Å². The summed E-state index contributed by atoms with van der Waals surface area (Å²) in [7, 11) is 1.43. The predicted octanol–water partition coefficient (Wildman–Crippen LogP) is 3.91. The van der Waals surface area contributed by atoms with Crippen molar-refractivity contribution in [1.82, 2.24) is 9.88 Å². The van der Waals surface area contributed by atoms with Crippen molar-refractivity contribution < 1.29 is 33.7 Å². The third-order valence-electron chi connectivity index (χ3n) is 7.01. The number of carboxylic acids is 1. The minimum atomic E-state index is -1.53. The van der Waals surface area contributed by atoms with Crippen LogP contribution >= 0.6 is 0 Å². The van der Waals surface area contributed by atoms with E-state index in [-0.39, 0.29) is 17.3 Å². The second-order valence-electron chi connectivity index (χ2n) is 9.31. The molecule has 2 heterocycles. The molecule has 1 aliphatic rings. The maximum atomic E-state index is 13.6. The Hall–Kier alpha value is -3.82. The molecule has 2 aromatic carbocycles. The Morgan fingerprint density at radius 3 is 2.45 bits per heavy atom. The molecule has 0 spiro atoms. The molecule has 1 saturated heterocycles. The first-order valence-electron chi connectivity index (χ1n) is 12.5. The average Bonchev–Trinajstić information content (AvgIpc) is 2.95. The van der Waals surface area contributed by atoms with Gasteiger partial charge in [-0.1, -0.05) is 18.2 Å². The number of aromatic nitrogens is 1. The van der Waals surface area contributed by atoms with Crippen molar-refractivity contribution in [2.24, 2.45) is 5.92 Å². The number of carbonyl (C=O) groups is 2. The number of likely N-dealkylation sites (tertiary alicyclic amines) is 1. The van der Waals surface area contributed by atoms with Crippen LogP contribution in [0.15, 0.2) is 66.9 Å². The molecule has 9 heteroatoms. The van der Waals surface area contributed by atoms with Gasteiger partial charge in [0.1, 0.15) is 11.4 Å². The summed E-state index contributed by atoms with van der Waals surface area (Å²) in [6.07, 6.45) is 3.90. The number of halogens is 1. The van der Waals surface area contributed by atoms with Gasteiger partial charge >= 0.3 is 5.97 Å². The number of Topliss-reactive ketones (excluding diaryl/α,β-unsaturated/α-hetero) is 1. The molecule has 0 aliphatic carbocycles. The number of aliphatic carboxylic acids is 1. The number of hydrogen-bond acceptors (Lipinski definition) is 7. The Labute approximate surface area is 220 Å². The molecule has 0 amide bonds. The number of pyridine rings is 1. The largest absolute Gasteiger partial charge is 0.493 e. The van der Waals surface area contributed by atoms with E-state index in [1.807, 2.05) is 12.1 Å². The number of hydrogen-bond donors (Lipinski definition) is 2. The van der Waals surface area contributed by atoms with Crippen LogP contribution in [-0.2, 0) is 10.4 Å². The van der Waals surface area contributed by atoms with Crippen molar-refractivity contribution in [2.75, 3.05) is 33.4 Å². The molecule has 1 aromatic heterocycles. The summed E-state index contributed by atoms with van der Waals surface area (Å²) in [4.78, 5) is 29.4. The van der Waals surface area contributed by atoms with E-state index in [2.05, 4.69) is 9.88 Å². The summed E-state index contributed by atoms with van der Waals surface area (Å²) >= 11 is 0. The molecule has 1 aliphatic heterocycles. The Morgan fingerprint density at radius 2 is 1.82 bits per heavy atom. The van der Waals surface area contributed by atoms with Crippen LogP contribution in [0.2, 0.25) is 0 Å². The molecule has 0 saturated carbocycles. The summed E-state index contributed by atoms with van der Waals surface area (Å²) in [5, 5.41) is 20.8. The van der Waals surface area contributed by atoms with Crippen molar-refractivity contribution in [3.05, 3.63) is 89.5 Å². The maximum Gasteiger partial charge on any atom is 0.377 e. The van der Waals surface area contributed by atoms with Gasteiger partial charge in [0.25, 0.3) is 5.78 Å². The maximum absolute atomic E-state index is 13.6. The van der Waals surface area contributed by atoms with Crippen LogP contribution in [0.25, 0.3) is 0 Å². The van der Waals surface area contributed by atoms with E-state index in [1.165, 1.54) is 37.4 Å². The zero-order valence-electron chi connectivity index (χ0n) is 21.2. The first kappa shape index (κ1) is 27.2. The number of ketones is 1. The van der Waals surface area contributed by atoms with Crippen molar-refractivity contribution in [2.45, 2.75) is 24.9 Å². The van der Waals surface area contributed by atoms with Gasteiger partial charge in [-0.05, 0) is 80.4 Å². The number of rotatable bonds is 11. The highest BCUT2D eigenvalue weighted by Crippen LogP contribution is 2.41. The van der Waals surface area contributed by atoms with Crippen LogP contribution in [-0.4, -0.2) is 65.2 Å². The number of carbonyl (C=O) groups excluding carboxylic acids is 1. The number of piperidine rings is 1. The normalized spacial score (nSPS) is 16.0. The fourth-order valence-corrected chi connectivity index (χ4v) is 4.98. The molecule has 38 heavy (non-hydrogen) atoms. The zero-order chi connectivity index (χ0) is 27.1. The molecule has 1 unspecified atom stereocenters. The molecule has 200 valence electrons. The molecule has 8 nitrogen and oxygen atoms in total. The topological polar surface area (TPSA) is 109 Å². The standard InChI is InChI=1S/C29H31FN2O6/c1-37-25-19-20(27(33)28(34)35)6-11-24(25)38-18-4-15-32-16-12-22(13-17-32)29(36,26-5-2-3-14-31-26)21-7-9-23(30)10-8-21/h2-3,5-11,14,19,22,36H,4,12-13,15-18H2,1H3,(H,34,35). The molecule has 2 N–H and O–H groups in total.